The van der Waals surface area contributed by atoms with E-state index in [-0.39, 0.29) is 12.2 Å². The fourth-order valence-electron chi connectivity index (χ4n) is 1.41. The zero-order valence-corrected chi connectivity index (χ0v) is 12.1. The molecule has 19 heavy (non-hydrogen) atoms. The molecule has 0 aliphatic heterocycles. The highest BCUT2D eigenvalue weighted by Crippen LogP contribution is 2.09. The third kappa shape index (κ3) is 7.65. The van der Waals surface area contributed by atoms with Crippen LogP contribution in [0, 0.1) is 0 Å². The number of ether oxygens (including phenoxy) is 3. The van der Waals surface area contributed by atoms with Gasteiger partial charge in [0.25, 0.3) is 0 Å². The Kier molecular flexibility index (Phi) is 7.23. The Morgan fingerprint density at radius 2 is 1.68 bits per heavy atom. The first-order valence-electron chi connectivity index (χ1n) is 6.63. The minimum atomic E-state index is 0.0380. The molecular formula is C16H24O3. The van der Waals surface area contributed by atoms with Crippen molar-refractivity contribution in [2.24, 2.45) is 0 Å². The van der Waals surface area contributed by atoms with Crippen molar-refractivity contribution in [3.63, 3.8) is 0 Å². The summed E-state index contributed by atoms with van der Waals surface area (Å²) < 4.78 is 16.8. The van der Waals surface area contributed by atoms with Crippen molar-refractivity contribution in [3.05, 3.63) is 42.5 Å². The molecule has 0 aliphatic carbocycles. The van der Waals surface area contributed by atoms with Gasteiger partial charge in [0.05, 0.1) is 25.4 Å². The topological polar surface area (TPSA) is 27.7 Å². The molecule has 0 saturated heterocycles. The molecule has 106 valence electrons. The second-order valence-electron chi connectivity index (χ2n) is 4.85. The van der Waals surface area contributed by atoms with E-state index in [0.29, 0.717) is 19.8 Å². The van der Waals surface area contributed by atoms with Crippen molar-refractivity contribution in [2.75, 3.05) is 19.8 Å². The second kappa shape index (κ2) is 8.73. The quantitative estimate of drug-likeness (QED) is 0.639. The van der Waals surface area contributed by atoms with Crippen LogP contribution in [0.1, 0.15) is 20.8 Å². The van der Waals surface area contributed by atoms with Gasteiger partial charge in [0, 0.05) is 0 Å². The highest BCUT2D eigenvalue weighted by Gasteiger charge is 2.07. The number of para-hydroxylation sites is 1. The first kappa shape index (κ1) is 15.7. The minimum Gasteiger partial charge on any atom is -0.491 e. The molecule has 0 aliphatic rings. The molecule has 1 aromatic rings. The van der Waals surface area contributed by atoms with E-state index >= 15 is 0 Å². The van der Waals surface area contributed by atoms with Crippen molar-refractivity contribution >= 4 is 0 Å². The summed E-state index contributed by atoms with van der Waals surface area (Å²) in [5.41, 5.74) is 1.02. The molecule has 2 unspecified atom stereocenters. The fraction of sp³-hybridized carbons (Fsp3) is 0.500. The molecule has 3 nitrogen and oxygen atoms in total. The summed E-state index contributed by atoms with van der Waals surface area (Å²) in [6.45, 7) is 11.4. The summed E-state index contributed by atoms with van der Waals surface area (Å²) in [6.07, 6.45) is 0.104. The molecule has 0 radical (unpaired) electrons. The lowest BCUT2D eigenvalue weighted by Gasteiger charge is -2.18. The molecule has 1 rings (SSSR count). The van der Waals surface area contributed by atoms with Gasteiger partial charge in [-0.05, 0) is 32.9 Å². The van der Waals surface area contributed by atoms with Crippen molar-refractivity contribution in [3.8, 4) is 5.75 Å². The average Bonchev–Trinajstić information content (AvgIpc) is 2.41. The Balaban J connectivity index is 2.14. The summed E-state index contributed by atoms with van der Waals surface area (Å²) in [7, 11) is 0. The predicted molar refractivity (Wildman–Crippen MR) is 77.6 cm³/mol. The molecule has 0 spiro atoms. The zero-order chi connectivity index (χ0) is 14.1. The number of rotatable bonds is 9. The van der Waals surface area contributed by atoms with Gasteiger partial charge < -0.3 is 14.2 Å². The Hall–Kier alpha value is -1.32. The van der Waals surface area contributed by atoms with E-state index in [1.165, 1.54) is 0 Å². The molecule has 0 fully saturated rings. The summed E-state index contributed by atoms with van der Waals surface area (Å²) in [5, 5.41) is 0. The molecule has 3 heteroatoms. The largest absolute Gasteiger partial charge is 0.491 e. The summed E-state index contributed by atoms with van der Waals surface area (Å²) in [6, 6.07) is 9.74. The van der Waals surface area contributed by atoms with Crippen molar-refractivity contribution < 1.29 is 14.2 Å². The molecule has 0 amide bonds. The summed E-state index contributed by atoms with van der Waals surface area (Å²) >= 11 is 0. The third-order valence-electron chi connectivity index (χ3n) is 2.46. The highest BCUT2D eigenvalue weighted by molar-refractivity contribution is 5.20. The lowest BCUT2D eigenvalue weighted by atomic mass is 10.3. The number of benzene rings is 1. The van der Waals surface area contributed by atoms with Gasteiger partial charge >= 0.3 is 0 Å². The fourth-order valence-corrected chi connectivity index (χ4v) is 1.41. The van der Waals surface area contributed by atoms with E-state index in [1.807, 2.05) is 51.1 Å². The van der Waals surface area contributed by atoms with Gasteiger partial charge in [0.1, 0.15) is 12.4 Å². The predicted octanol–water partition coefficient (Wildman–Crippen LogP) is 3.45. The van der Waals surface area contributed by atoms with Crippen LogP contribution in [-0.4, -0.2) is 32.0 Å². The molecule has 1 aromatic carbocycles. The van der Waals surface area contributed by atoms with Crippen LogP contribution >= 0.6 is 0 Å². The van der Waals surface area contributed by atoms with Crippen LogP contribution in [0.4, 0.5) is 0 Å². The molecule has 0 saturated carbocycles. The van der Waals surface area contributed by atoms with Crippen LogP contribution in [0.15, 0.2) is 42.5 Å². The maximum Gasteiger partial charge on any atom is 0.119 e. The number of hydrogen-bond acceptors (Lipinski definition) is 3. The third-order valence-corrected chi connectivity index (χ3v) is 2.46. The second-order valence-corrected chi connectivity index (χ2v) is 4.85. The molecule has 2 atom stereocenters. The van der Waals surface area contributed by atoms with E-state index in [1.54, 1.807) is 0 Å². The van der Waals surface area contributed by atoms with Crippen molar-refractivity contribution in [1.29, 1.82) is 0 Å². The zero-order valence-electron chi connectivity index (χ0n) is 12.1. The Morgan fingerprint density at radius 1 is 1.05 bits per heavy atom. The highest BCUT2D eigenvalue weighted by atomic mass is 16.6. The van der Waals surface area contributed by atoms with E-state index in [2.05, 4.69) is 6.58 Å². The van der Waals surface area contributed by atoms with Crippen LogP contribution in [0.5, 0.6) is 5.75 Å². The minimum absolute atomic E-state index is 0.0380. The van der Waals surface area contributed by atoms with Crippen LogP contribution in [0.25, 0.3) is 0 Å². The van der Waals surface area contributed by atoms with Crippen LogP contribution in [0.2, 0.25) is 0 Å². The molecular weight excluding hydrogens is 240 g/mol. The lowest BCUT2D eigenvalue weighted by Crippen LogP contribution is -2.24. The van der Waals surface area contributed by atoms with E-state index < -0.39 is 0 Å². The van der Waals surface area contributed by atoms with E-state index in [9.17, 15) is 0 Å². The summed E-state index contributed by atoms with van der Waals surface area (Å²) in [5.74, 6) is 0.865. The van der Waals surface area contributed by atoms with Gasteiger partial charge in [-0.1, -0.05) is 30.4 Å². The normalized spacial score (nSPS) is 13.8. The van der Waals surface area contributed by atoms with Gasteiger partial charge in [-0.25, -0.2) is 0 Å². The van der Waals surface area contributed by atoms with Crippen LogP contribution in [0.3, 0.4) is 0 Å². The first-order valence-corrected chi connectivity index (χ1v) is 6.63. The Bertz CT molecular complexity index is 362. The standard InChI is InChI=1S/C16H24O3/c1-13(2)10-17-14(3)11-18-15(4)12-19-16-8-6-5-7-9-16/h5-9,14-15H,1,10-12H2,2-4H3. The number of hydrogen-bond donors (Lipinski definition) is 0. The van der Waals surface area contributed by atoms with Crippen molar-refractivity contribution in [2.45, 2.75) is 33.0 Å². The average molecular weight is 264 g/mol. The monoisotopic (exact) mass is 264 g/mol. The Morgan fingerprint density at radius 3 is 2.32 bits per heavy atom. The Labute approximate surface area is 116 Å². The van der Waals surface area contributed by atoms with Gasteiger partial charge in [-0.15, -0.1) is 0 Å². The van der Waals surface area contributed by atoms with Gasteiger partial charge in [0.2, 0.25) is 0 Å². The van der Waals surface area contributed by atoms with Gasteiger partial charge in [-0.2, -0.15) is 0 Å². The van der Waals surface area contributed by atoms with E-state index in [4.69, 9.17) is 14.2 Å². The van der Waals surface area contributed by atoms with Crippen molar-refractivity contribution in [1.82, 2.24) is 0 Å². The maximum absolute atomic E-state index is 5.68. The van der Waals surface area contributed by atoms with Crippen LogP contribution < -0.4 is 4.74 Å². The SMILES string of the molecule is C=C(C)COC(C)COC(C)COc1ccccc1. The van der Waals surface area contributed by atoms with Gasteiger partial charge in [-0.3, -0.25) is 0 Å². The van der Waals surface area contributed by atoms with Gasteiger partial charge in [0.15, 0.2) is 0 Å². The lowest BCUT2D eigenvalue weighted by molar-refractivity contribution is -0.0370. The van der Waals surface area contributed by atoms with Crippen LogP contribution in [-0.2, 0) is 9.47 Å². The smallest absolute Gasteiger partial charge is 0.119 e. The molecule has 0 N–H and O–H groups in total. The first-order chi connectivity index (χ1) is 9.08. The summed E-state index contributed by atoms with van der Waals surface area (Å²) in [4.78, 5) is 0. The molecule has 0 aromatic heterocycles. The molecule has 0 bridgehead atoms. The molecule has 0 heterocycles. The van der Waals surface area contributed by atoms with E-state index in [0.717, 1.165) is 11.3 Å². The maximum atomic E-state index is 5.68.